The number of fused-ring (bicyclic) bond motifs is 2. The van der Waals surface area contributed by atoms with Gasteiger partial charge >= 0.3 is 0 Å². The van der Waals surface area contributed by atoms with Crippen molar-refractivity contribution in [2.45, 2.75) is 24.5 Å². The molecular weight excluding hydrogens is 472 g/mol. The van der Waals surface area contributed by atoms with Gasteiger partial charge in [-0.05, 0) is 12.5 Å². The number of rotatable bonds is 4. The third kappa shape index (κ3) is 3.16. The van der Waals surface area contributed by atoms with Gasteiger partial charge in [0.1, 0.15) is 27.8 Å². The Hall–Kier alpha value is -3.24. The predicted molar refractivity (Wildman–Crippen MR) is 117 cm³/mol. The molecule has 2 aromatic rings. The summed E-state index contributed by atoms with van der Waals surface area (Å²) in [5.41, 5.74) is -1.71. The van der Waals surface area contributed by atoms with Crippen molar-refractivity contribution in [2.24, 2.45) is 0 Å². The Bertz CT molecular complexity index is 1310. The van der Waals surface area contributed by atoms with Crippen molar-refractivity contribution >= 4 is 23.4 Å². The third-order valence-corrected chi connectivity index (χ3v) is 6.97. The van der Waals surface area contributed by atoms with Crippen LogP contribution in [0.1, 0.15) is 38.9 Å². The molecule has 2 amide bonds. The molecule has 0 saturated carbocycles. The number of aromatic nitrogens is 1. The molecule has 1 N–H and O–H groups in total. The zero-order chi connectivity index (χ0) is 24.2. The maximum absolute atomic E-state index is 14.2. The highest BCUT2D eigenvalue weighted by atomic mass is 35.5. The molecule has 5 rings (SSSR count). The first kappa shape index (κ1) is 22.5. The molecule has 0 radical (unpaired) electrons. The van der Waals surface area contributed by atoms with E-state index in [2.05, 4.69) is 5.32 Å². The Morgan fingerprint density at radius 3 is 2.91 bits per heavy atom. The van der Waals surface area contributed by atoms with Crippen LogP contribution in [0.4, 0.5) is 8.78 Å². The molecule has 0 unspecified atom stereocenters. The third-order valence-electron chi connectivity index (χ3n) is 6.62. The molecule has 11 heteroatoms. The fourth-order valence-corrected chi connectivity index (χ4v) is 5.17. The van der Waals surface area contributed by atoms with Crippen molar-refractivity contribution < 1.29 is 27.8 Å². The van der Waals surface area contributed by atoms with Crippen molar-refractivity contribution in [1.82, 2.24) is 14.8 Å². The van der Waals surface area contributed by atoms with E-state index in [1.54, 1.807) is 9.47 Å². The second-order valence-electron chi connectivity index (χ2n) is 8.34. The highest BCUT2D eigenvalue weighted by molar-refractivity contribution is 6.30. The van der Waals surface area contributed by atoms with Gasteiger partial charge < -0.3 is 24.3 Å². The second kappa shape index (κ2) is 8.21. The molecule has 1 saturated heterocycles. The average Bonchev–Trinajstić information content (AvgIpc) is 3.26. The smallest absolute Gasteiger partial charge is 0.275 e. The fraction of sp³-hybridized carbons (Fsp3) is 0.348. The summed E-state index contributed by atoms with van der Waals surface area (Å²) in [5.74, 6) is -3.34. The average molecular weight is 492 g/mol. The topological polar surface area (TPSA) is 89.9 Å². The Labute approximate surface area is 197 Å². The van der Waals surface area contributed by atoms with E-state index in [-0.39, 0.29) is 35.2 Å². The SMILES string of the molecule is COc1c2n(cc(C(=O)NCc3ccc(F)c(Cl)c3F)c1=O)[C@H]1CCOC[C@]13C=CCN3C2=O. The van der Waals surface area contributed by atoms with Crippen LogP contribution in [-0.2, 0) is 11.3 Å². The van der Waals surface area contributed by atoms with E-state index in [1.165, 1.54) is 13.3 Å². The minimum absolute atomic E-state index is 0.0462. The lowest BCUT2D eigenvalue weighted by molar-refractivity contribution is -0.0464. The molecule has 0 bridgehead atoms. The largest absolute Gasteiger partial charge is 0.491 e. The highest BCUT2D eigenvalue weighted by Gasteiger charge is 2.54. The Morgan fingerprint density at radius 1 is 1.35 bits per heavy atom. The number of hydrogen-bond donors (Lipinski definition) is 1. The van der Waals surface area contributed by atoms with Gasteiger partial charge in [-0.2, -0.15) is 0 Å². The molecule has 2 atom stereocenters. The maximum atomic E-state index is 14.2. The van der Waals surface area contributed by atoms with Gasteiger partial charge in [0.2, 0.25) is 5.43 Å². The van der Waals surface area contributed by atoms with Gasteiger partial charge in [0.05, 0.1) is 19.8 Å². The molecule has 8 nitrogen and oxygen atoms in total. The van der Waals surface area contributed by atoms with E-state index < -0.39 is 39.4 Å². The van der Waals surface area contributed by atoms with Crippen LogP contribution in [0.25, 0.3) is 0 Å². The predicted octanol–water partition coefficient (Wildman–Crippen LogP) is 2.44. The highest BCUT2D eigenvalue weighted by Crippen LogP contribution is 2.45. The number of amides is 2. The van der Waals surface area contributed by atoms with Crippen LogP contribution in [0.3, 0.4) is 0 Å². The van der Waals surface area contributed by atoms with E-state index in [0.29, 0.717) is 26.2 Å². The molecule has 4 heterocycles. The first-order valence-electron chi connectivity index (χ1n) is 10.6. The van der Waals surface area contributed by atoms with Gasteiger partial charge in [0, 0.05) is 31.5 Å². The van der Waals surface area contributed by atoms with E-state index >= 15 is 0 Å². The fourth-order valence-electron chi connectivity index (χ4n) is 4.98. The number of benzene rings is 1. The van der Waals surface area contributed by atoms with Crippen LogP contribution in [0.5, 0.6) is 5.75 Å². The summed E-state index contributed by atoms with van der Waals surface area (Å²) in [6.45, 7) is 0.789. The van der Waals surface area contributed by atoms with Crippen LogP contribution in [0.15, 0.2) is 35.3 Å². The molecule has 3 aliphatic rings. The number of ether oxygens (including phenoxy) is 2. The summed E-state index contributed by atoms with van der Waals surface area (Å²) < 4.78 is 40.3. The van der Waals surface area contributed by atoms with Crippen LogP contribution in [-0.4, -0.2) is 53.7 Å². The Balaban J connectivity index is 1.55. The summed E-state index contributed by atoms with van der Waals surface area (Å²) >= 11 is 5.60. The van der Waals surface area contributed by atoms with E-state index in [4.69, 9.17) is 21.1 Å². The van der Waals surface area contributed by atoms with Crippen LogP contribution in [0.2, 0.25) is 5.02 Å². The minimum atomic E-state index is -0.996. The van der Waals surface area contributed by atoms with Gasteiger partial charge in [-0.3, -0.25) is 14.4 Å². The standard InChI is InChI=1S/C23H20ClF2N3O5/c1-33-20-18-22(32)29-7-2-6-23(29)11-34-8-5-15(23)28(18)10-13(19(20)30)21(31)27-9-12-3-4-14(25)16(24)17(12)26/h2-4,6,10,15H,5,7-9,11H2,1H3,(H,27,31)/t15-,23+/m0/s1. The number of carbonyl (C=O) groups excluding carboxylic acids is 2. The van der Waals surface area contributed by atoms with Crippen LogP contribution >= 0.6 is 11.6 Å². The minimum Gasteiger partial charge on any atom is -0.491 e. The van der Waals surface area contributed by atoms with Gasteiger partial charge in [0.25, 0.3) is 11.8 Å². The Morgan fingerprint density at radius 2 is 2.15 bits per heavy atom. The van der Waals surface area contributed by atoms with Gasteiger partial charge in [-0.15, -0.1) is 0 Å². The van der Waals surface area contributed by atoms with Crippen LogP contribution in [0, 0.1) is 11.6 Å². The number of methoxy groups -OCH3 is 1. The normalized spacial score (nSPS) is 22.8. The molecule has 1 fully saturated rings. The quantitative estimate of drug-likeness (QED) is 0.524. The monoisotopic (exact) mass is 491 g/mol. The van der Waals surface area contributed by atoms with Gasteiger partial charge in [-0.1, -0.05) is 29.8 Å². The molecule has 178 valence electrons. The number of nitrogens with zero attached hydrogens (tertiary/aromatic N) is 2. The second-order valence-corrected chi connectivity index (χ2v) is 8.72. The molecule has 34 heavy (non-hydrogen) atoms. The summed E-state index contributed by atoms with van der Waals surface area (Å²) in [4.78, 5) is 41.1. The maximum Gasteiger partial charge on any atom is 0.275 e. The van der Waals surface area contributed by atoms with Crippen LogP contribution < -0.4 is 15.5 Å². The van der Waals surface area contributed by atoms with Gasteiger partial charge in [-0.25, -0.2) is 8.78 Å². The molecule has 0 aliphatic carbocycles. The summed E-state index contributed by atoms with van der Waals surface area (Å²) in [6, 6.07) is 1.87. The first-order chi connectivity index (χ1) is 16.3. The summed E-state index contributed by atoms with van der Waals surface area (Å²) in [7, 11) is 1.26. The summed E-state index contributed by atoms with van der Waals surface area (Å²) in [5, 5.41) is 1.79. The van der Waals surface area contributed by atoms with E-state index in [0.717, 1.165) is 12.1 Å². The number of hydrogen-bond acceptors (Lipinski definition) is 5. The lowest BCUT2D eigenvalue weighted by atomic mass is 9.83. The number of nitrogens with one attached hydrogen (secondary N) is 1. The lowest BCUT2D eigenvalue weighted by Gasteiger charge is -2.51. The number of carbonyl (C=O) groups is 2. The molecule has 1 aromatic heterocycles. The van der Waals surface area contributed by atoms with Crippen molar-refractivity contribution in [3.63, 3.8) is 0 Å². The zero-order valence-corrected chi connectivity index (χ0v) is 18.8. The van der Waals surface area contributed by atoms with Crippen molar-refractivity contribution in [3.05, 3.63) is 74.2 Å². The number of pyridine rings is 1. The molecule has 1 spiro atoms. The van der Waals surface area contributed by atoms with E-state index in [1.807, 2.05) is 12.2 Å². The first-order valence-corrected chi connectivity index (χ1v) is 11.0. The molecule has 3 aliphatic heterocycles. The lowest BCUT2D eigenvalue weighted by Crippen LogP contribution is -2.62. The number of halogens is 3. The van der Waals surface area contributed by atoms with Crippen molar-refractivity contribution in [3.8, 4) is 5.75 Å². The molecule has 1 aromatic carbocycles. The van der Waals surface area contributed by atoms with Gasteiger partial charge in [0.15, 0.2) is 11.4 Å². The Kier molecular flexibility index (Phi) is 5.44. The summed E-state index contributed by atoms with van der Waals surface area (Å²) in [6.07, 6.45) is 5.71. The van der Waals surface area contributed by atoms with Crippen molar-refractivity contribution in [2.75, 3.05) is 26.9 Å². The zero-order valence-electron chi connectivity index (χ0n) is 18.1. The van der Waals surface area contributed by atoms with Crippen molar-refractivity contribution in [1.29, 1.82) is 0 Å². The van der Waals surface area contributed by atoms with E-state index in [9.17, 15) is 23.2 Å². The molecular formula is C23H20ClF2N3O5.